The number of benzene rings is 1. The van der Waals surface area contributed by atoms with Crippen LogP contribution in [0.2, 0.25) is 0 Å². The zero-order valence-corrected chi connectivity index (χ0v) is 15.5. The zero-order chi connectivity index (χ0) is 17.8. The largest absolute Gasteiger partial charge is 0.338 e. The fourth-order valence-electron chi connectivity index (χ4n) is 4.21. The third-order valence-corrected chi connectivity index (χ3v) is 6.58. The van der Waals surface area contributed by atoms with E-state index in [9.17, 15) is 14.9 Å². The average Bonchev–Trinajstić information content (AvgIpc) is 3.12. The molecule has 2 aliphatic rings. The van der Waals surface area contributed by atoms with Gasteiger partial charge in [-0.15, -0.1) is 11.8 Å². The van der Waals surface area contributed by atoms with E-state index in [1.807, 2.05) is 6.92 Å². The number of hydrogen-bond donors (Lipinski definition) is 0. The summed E-state index contributed by atoms with van der Waals surface area (Å²) in [5.41, 5.74) is 0.0836. The molecule has 0 unspecified atom stereocenters. The summed E-state index contributed by atoms with van der Waals surface area (Å²) in [5, 5.41) is 10.6. The van der Waals surface area contributed by atoms with Crippen molar-refractivity contribution in [2.24, 2.45) is 5.92 Å². The van der Waals surface area contributed by atoms with E-state index >= 15 is 0 Å². The van der Waals surface area contributed by atoms with E-state index in [4.69, 9.17) is 0 Å². The topological polar surface area (TPSA) is 63.5 Å². The van der Waals surface area contributed by atoms with Crippen molar-refractivity contribution < 1.29 is 9.72 Å². The molecule has 0 radical (unpaired) electrons. The Morgan fingerprint density at radius 2 is 1.84 bits per heavy atom. The van der Waals surface area contributed by atoms with Crippen LogP contribution in [0.5, 0.6) is 0 Å². The van der Waals surface area contributed by atoms with E-state index in [1.165, 1.54) is 56.0 Å². The summed E-state index contributed by atoms with van der Waals surface area (Å²) >= 11 is 1.49. The van der Waals surface area contributed by atoms with Crippen LogP contribution < -0.4 is 0 Å². The van der Waals surface area contributed by atoms with Gasteiger partial charge in [-0.2, -0.15) is 0 Å². The molecule has 1 heterocycles. The van der Waals surface area contributed by atoms with Crippen molar-refractivity contribution in [3.8, 4) is 0 Å². The van der Waals surface area contributed by atoms with Crippen molar-refractivity contribution in [3.05, 3.63) is 34.4 Å². The smallest absolute Gasteiger partial charge is 0.269 e. The predicted molar refractivity (Wildman–Crippen MR) is 99.7 cm³/mol. The number of non-ortho nitro benzene ring substituents is 1. The molecular formula is C19H26N2O3S. The molecule has 0 N–H and O–H groups in total. The lowest BCUT2D eigenvalue weighted by Gasteiger charge is -2.35. The highest BCUT2D eigenvalue weighted by Crippen LogP contribution is 2.36. The highest BCUT2D eigenvalue weighted by molar-refractivity contribution is 8.00. The highest BCUT2D eigenvalue weighted by atomic mass is 32.2. The third kappa shape index (κ3) is 4.35. The van der Waals surface area contributed by atoms with Gasteiger partial charge in [0.25, 0.3) is 5.69 Å². The molecule has 1 saturated carbocycles. The molecule has 1 aromatic rings. The summed E-state index contributed by atoms with van der Waals surface area (Å²) in [7, 11) is 0. The lowest BCUT2D eigenvalue weighted by molar-refractivity contribution is -0.384. The molecule has 1 amide bonds. The molecule has 6 heteroatoms. The number of nitro groups is 1. The lowest BCUT2D eigenvalue weighted by atomic mass is 9.83. The summed E-state index contributed by atoms with van der Waals surface area (Å²) in [6, 6.07) is 6.89. The Morgan fingerprint density at radius 1 is 1.16 bits per heavy atom. The van der Waals surface area contributed by atoms with Gasteiger partial charge in [-0.25, -0.2) is 0 Å². The van der Waals surface area contributed by atoms with Gasteiger partial charge in [0, 0.05) is 29.6 Å². The van der Waals surface area contributed by atoms with Crippen molar-refractivity contribution in [1.82, 2.24) is 4.90 Å². The Morgan fingerprint density at radius 3 is 2.48 bits per heavy atom. The number of thioether (sulfide) groups is 1. The molecular weight excluding hydrogens is 336 g/mol. The predicted octanol–water partition coefficient (Wildman–Crippen LogP) is 4.65. The number of likely N-dealkylation sites (tertiary alicyclic amines) is 1. The van der Waals surface area contributed by atoms with Gasteiger partial charge in [-0.1, -0.05) is 19.3 Å². The summed E-state index contributed by atoms with van der Waals surface area (Å²) in [6.45, 7) is 2.83. The Balaban J connectivity index is 1.61. The minimum absolute atomic E-state index is 0.0836. The molecule has 0 spiro atoms. The number of rotatable bonds is 5. The number of nitrogens with zero attached hydrogens (tertiary/aromatic N) is 2. The van der Waals surface area contributed by atoms with Crippen LogP contribution in [0, 0.1) is 16.0 Å². The molecule has 2 atom stereocenters. The summed E-state index contributed by atoms with van der Waals surface area (Å²) in [6.07, 6.45) is 8.72. The SMILES string of the molecule is C[C@H](Sc1ccc([N+](=O)[O-])cc1)C(=O)N1CCC[C@@H]1C1CCCCC1. The van der Waals surface area contributed by atoms with E-state index in [2.05, 4.69) is 4.90 Å². The minimum atomic E-state index is -0.401. The maximum Gasteiger partial charge on any atom is 0.269 e. The first-order chi connectivity index (χ1) is 12.1. The van der Waals surface area contributed by atoms with Crippen LogP contribution in [0.15, 0.2) is 29.2 Å². The fraction of sp³-hybridized carbons (Fsp3) is 0.632. The molecule has 1 aromatic carbocycles. The molecule has 1 aliphatic carbocycles. The number of carbonyl (C=O) groups excluding carboxylic acids is 1. The minimum Gasteiger partial charge on any atom is -0.338 e. The average molecular weight is 362 g/mol. The summed E-state index contributed by atoms with van der Waals surface area (Å²) in [4.78, 5) is 26.3. The van der Waals surface area contributed by atoms with Crippen molar-refractivity contribution in [1.29, 1.82) is 0 Å². The van der Waals surface area contributed by atoms with Crippen molar-refractivity contribution in [2.75, 3.05) is 6.54 Å². The first-order valence-corrected chi connectivity index (χ1v) is 10.2. The van der Waals surface area contributed by atoms with Crippen molar-refractivity contribution in [2.45, 2.75) is 68.1 Å². The summed E-state index contributed by atoms with van der Waals surface area (Å²) in [5.74, 6) is 0.896. The Hall–Kier alpha value is -1.56. The van der Waals surface area contributed by atoms with Crippen molar-refractivity contribution in [3.63, 3.8) is 0 Å². The molecule has 136 valence electrons. The van der Waals surface area contributed by atoms with E-state index in [0.717, 1.165) is 24.3 Å². The lowest BCUT2D eigenvalue weighted by Crippen LogP contribution is -2.44. The molecule has 0 bridgehead atoms. The third-order valence-electron chi connectivity index (χ3n) is 5.48. The number of carbonyl (C=O) groups is 1. The van der Waals surface area contributed by atoms with E-state index in [0.29, 0.717) is 12.0 Å². The highest BCUT2D eigenvalue weighted by Gasteiger charge is 2.36. The van der Waals surface area contributed by atoms with Gasteiger partial charge in [-0.3, -0.25) is 14.9 Å². The first kappa shape index (κ1) is 18.2. The van der Waals surface area contributed by atoms with Gasteiger partial charge < -0.3 is 4.90 Å². The summed E-state index contributed by atoms with van der Waals surface area (Å²) < 4.78 is 0. The Bertz CT molecular complexity index is 614. The Labute approximate surface area is 153 Å². The van der Waals surface area contributed by atoms with Gasteiger partial charge in [-0.05, 0) is 50.7 Å². The molecule has 0 aromatic heterocycles. The standard InChI is InChI=1S/C19H26N2O3S/c1-14(25-17-11-9-16(10-12-17)21(23)24)19(22)20-13-5-8-18(20)15-6-3-2-4-7-15/h9-12,14-15,18H,2-8,13H2,1H3/t14-,18+/m0/s1. The van der Waals surface area contributed by atoms with Gasteiger partial charge >= 0.3 is 0 Å². The van der Waals surface area contributed by atoms with Crippen LogP contribution in [0.1, 0.15) is 51.9 Å². The van der Waals surface area contributed by atoms with Gasteiger partial charge in [0.1, 0.15) is 0 Å². The molecule has 3 rings (SSSR count). The van der Waals surface area contributed by atoms with Gasteiger partial charge in [0.05, 0.1) is 10.2 Å². The van der Waals surface area contributed by atoms with E-state index in [1.54, 1.807) is 12.1 Å². The maximum atomic E-state index is 13.0. The van der Waals surface area contributed by atoms with E-state index in [-0.39, 0.29) is 16.8 Å². The molecule has 1 aliphatic heterocycles. The quantitative estimate of drug-likeness (QED) is 0.435. The second-order valence-electron chi connectivity index (χ2n) is 7.15. The molecule has 2 fully saturated rings. The molecule has 1 saturated heterocycles. The van der Waals surface area contributed by atoms with Gasteiger partial charge in [0.15, 0.2) is 0 Å². The van der Waals surface area contributed by atoms with Crippen molar-refractivity contribution >= 4 is 23.4 Å². The first-order valence-electron chi connectivity index (χ1n) is 9.28. The fourth-order valence-corrected chi connectivity index (χ4v) is 5.15. The van der Waals surface area contributed by atoms with Crippen LogP contribution in [0.4, 0.5) is 5.69 Å². The maximum absolute atomic E-state index is 13.0. The molecule has 25 heavy (non-hydrogen) atoms. The second kappa shape index (κ2) is 8.21. The monoisotopic (exact) mass is 362 g/mol. The van der Waals surface area contributed by atoms with E-state index < -0.39 is 4.92 Å². The van der Waals surface area contributed by atoms with Gasteiger partial charge in [0.2, 0.25) is 5.91 Å². The number of hydrogen-bond acceptors (Lipinski definition) is 4. The van der Waals surface area contributed by atoms with Crippen LogP contribution in [-0.2, 0) is 4.79 Å². The van der Waals surface area contributed by atoms with Crippen LogP contribution in [0.3, 0.4) is 0 Å². The second-order valence-corrected chi connectivity index (χ2v) is 8.56. The van der Waals surface area contributed by atoms with Crippen LogP contribution >= 0.6 is 11.8 Å². The number of nitro benzene ring substituents is 1. The zero-order valence-electron chi connectivity index (χ0n) is 14.7. The normalized spacial score (nSPS) is 22.8. The molecule has 5 nitrogen and oxygen atoms in total. The van der Waals surface area contributed by atoms with Crippen LogP contribution in [-0.4, -0.2) is 33.6 Å². The van der Waals surface area contributed by atoms with Crippen LogP contribution in [0.25, 0.3) is 0 Å². The number of amides is 1. The Kier molecular flexibility index (Phi) is 5.99.